The van der Waals surface area contributed by atoms with Crippen molar-refractivity contribution in [2.75, 3.05) is 36.5 Å². The molecule has 0 bridgehead atoms. The molecule has 0 atom stereocenters. The Morgan fingerprint density at radius 2 is 1.96 bits per heavy atom. The number of anilines is 2. The Morgan fingerprint density at radius 1 is 1.16 bits per heavy atom. The molecule has 1 amide bonds. The van der Waals surface area contributed by atoms with Gasteiger partial charge in [0, 0.05) is 31.4 Å². The summed E-state index contributed by atoms with van der Waals surface area (Å²) in [6.45, 7) is 4.73. The molecule has 0 saturated carbocycles. The lowest BCUT2D eigenvalue weighted by Gasteiger charge is -2.30. The van der Waals surface area contributed by atoms with E-state index in [1.165, 1.54) is 0 Å². The fourth-order valence-corrected chi connectivity index (χ4v) is 3.06. The van der Waals surface area contributed by atoms with Gasteiger partial charge < -0.3 is 19.4 Å². The van der Waals surface area contributed by atoms with Crippen molar-refractivity contribution in [2.24, 2.45) is 0 Å². The van der Waals surface area contributed by atoms with E-state index in [-0.39, 0.29) is 5.91 Å². The van der Waals surface area contributed by atoms with Crippen LogP contribution in [0.5, 0.6) is 0 Å². The summed E-state index contributed by atoms with van der Waals surface area (Å²) in [5, 5.41) is 2.96. The van der Waals surface area contributed by atoms with Gasteiger partial charge >= 0.3 is 0 Å². The smallest absolute Gasteiger partial charge is 0.257 e. The fourth-order valence-electron chi connectivity index (χ4n) is 3.06. The molecule has 3 aromatic rings. The molecule has 128 valence electrons. The molecule has 2 aromatic carbocycles. The number of nitrogens with one attached hydrogen (secondary N) is 1. The van der Waals surface area contributed by atoms with Crippen LogP contribution in [0.4, 0.5) is 11.4 Å². The summed E-state index contributed by atoms with van der Waals surface area (Å²) in [7, 11) is 0. The van der Waals surface area contributed by atoms with Gasteiger partial charge in [0.05, 0.1) is 18.8 Å². The number of aryl methyl sites for hydroxylation is 1. The lowest BCUT2D eigenvalue weighted by molar-refractivity contribution is 0.102. The first kappa shape index (κ1) is 15.7. The fraction of sp³-hybridized carbons (Fsp3) is 0.263. The average molecular weight is 337 g/mol. The molecule has 1 fully saturated rings. The van der Waals surface area contributed by atoms with Gasteiger partial charge in [-0.25, -0.2) is 4.98 Å². The first-order chi connectivity index (χ1) is 12.2. The van der Waals surface area contributed by atoms with E-state index < -0.39 is 0 Å². The number of amides is 1. The summed E-state index contributed by atoms with van der Waals surface area (Å²) in [4.78, 5) is 19.3. The largest absolute Gasteiger partial charge is 0.441 e. The third-order valence-electron chi connectivity index (χ3n) is 4.25. The Morgan fingerprint density at radius 3 is 2.80 bits per heavy atom. The van der Waals surface area contributed by atoms with Gasteiger partial charge in [-0.3, -0.25) is 4.79 Å². The second-order valence-electron chi connectivity index (χ2n) is 5.99. The monoisotopic (exact) mass is 337 g/mol. The summed E-state index contributed by atoms with van der Waals surface area (Å²) in [5.41, 5.74) is 3.73. The normalized spacial score (nSPS) is 14.7. The van der Waals surface area contributed by atoms with Crippen molar-refractivity contribution in [2.45, 2.75) is 6.92 Å². The van der Waals surface area contributed by atoms with Crippen LogP contribution in [-0.4, -0.2) is 37.2 Å². The minimum absolute atomic E-state index is 0.137. The van der Waals surface area contributed by atoms with Crippen LogP contribution in [0.3, 0.4) is 0 Å². The number of carbonyl (C=O) groups excluding carboxylic acids is 1. The summed E-state index contributed by atoms with van der Waals surface area (Å²) in [6.07, 6.45) is 0. The number of rotatable bonds is 3. The maximum absolute atomic E-state index is 12.8. The molecule has 0 radical (unpaired) electrons. The first-order valence-corrected chi connectivity index (χ1v) is 8.31. The van der Waals surface area contributed by atoms with Crippen LogP contribution >= 0.6 is 0 Å². The number of para-hydroxylation sites is 1. The van der Waals surface area contributed by atoms with Crippen molar-refractivity contribution in [1.29, 1.82) is 0 Å². The van der Waals surface area contributed by atoms with Gasteiger partial charge in [0.15, 0.2) is 11.5 Å². The molecule has 1 aliphatic heterocycles. The number of benzene rings is 2. The zero-order chi connectivity index (χ0) is 17.2. The van der Waals surface area contributed by atoms with E-state index in [4.69, 9.17) is 9.15 Å². The van der Waals surface area contributed by atoms with Crippen LogP contribution in [0.15, 0.2) is 46.9 Å². The summed E-state index contributed by atoms with van der Waals surface area (Å²) in [5.74, 6) is 0.470. The Hall–Kier alpha value is -2.86. The minimum Gasteiger partial charge on any atom is -0.441 e. The van der Waals surface area contributed by atoms with Gasteiger partial charge in [-0.1, -0.05) is 12.1 Å². The highest BCUT2D eigenvalue weighted by atomic mass is 16.5. The number of ether oxygens (including phenoxy) is 1. The molecule has 0 aliphatic carbocycles. The van der Waals surface area contributed by atoms with Crippen LogP contribution in [0.1, 0.15) is 16.2 Å². The van der Waals surface area contributed by atoms with E-state index >= 15 is 0 Å². The third kappa shape index (κ3) is 3.21. The Bertz CT molecular complexity index is 913. The highest BCUT2D eigenvalue weighted by Gasteiger charge is 2.18. The van der Waals surface area contributed by atoms with Crippen molar-refractivity contribution >= 4 is 28.4 Å². The number of oxazole rings is 1. The van der Waals surface area contributed by atoms with Gasteiger partial charge in [-0.15, -0.1) is 0 Å². The van der Waals surface area contributed by atoms with Crippen LogP contribution in [-0.2, 0) is 4.74 Å². The minimum atomic E-state index is -0.137. The molecule has 6 nitrogen and oxygen atoms in total. The molecule has 4 rings (SSSR count). The number of hydrogen-bond acceptors (Lipinski definition) is 5. The maximum atomic E-state index is 12.8. The quantitative estimate of drug-likeness (QED) is 0.795. The molecule has 25 heavy (non-hydrogen) atoms. The van der Waals surface area contributed by atoms with Gasteiger partial charge in [0.25, 0.3) is 5.91 Å². The van der Waals surface area contributed by atoms with Crippen molar-refractivity contribution in [3.63, 3.8) is 0 Å². The predicted molar refractivity (Wildman–Crippen MR) is 96.2 cm³/mol. The summed E-state index contributed by atoms with van der Waals surface area (Å²) < 4.78 is 10.9. The zero-order valence-electron chi connectivity index (χ0n) is 14.0. The Balaban J connectivity index is 1.59. The topological polar surface area (TPSA) is 67.6 Å². The standard InChI is InChI=1S/C19H19N3O3/c1-13-20-16-12-14(6-7-18(16)25-13)21-19(23)15-4-2-3-5-17(15)22-8-10-24-11-9-22/h2-7,12H,8-11H2,1H3,(H,21,23). The number of hydrogen-bond donors (Lipinski definition) is 1. The zero-order valence-corrected chi connectivity index (χ0v) is 14.0. The van der Waals surface area contributed by atoms with E-state index in [2.05, 4.69) is 15.2 Å². The van der Waals surface area contributed by atoms with Gasteiger partial charge in [-0.2, -0.15) is 0 Å². The second-order valence-corrected chi connectivity index (χ2v) is 5.99. The molecule has 1 aromatic heterocycles. The van der Waals surface area contributed by atoms with Crippen LogP contribution in [0.2, 0.25) is 0 Å². The average Bonchev–Trinajstić information content (AvgIpc) is 3.02. The highest BCUT2D eigenvalue weighted by Crippen LogP contribution is 2.24. The molecule has 1 aliphatic rings. The third-order valence-corrected chi connectivity index (χ3v) is 4.25. The van der Waals surface area contributed by atoms with E-state index in [1.807, 2.05) is 42.5 Å². The molecule has 0 spiro atoms. The van der Waals surface area contributed by atoms with Crippen LogP contribution in [0.25, 0.3) is 11.1 Å². The SMILES string of the molecule is Cc1nc2cc(NC(=O)c3ccccc3N3CCOCC3)ccc2o1. The van der Waals surface area contributed by atoms with Crippen molar-refractivity contribution in [3.05, 3.63) is 53.9 Å². The van der Waals surface area contributed by atoms with Gasteiger partial charge in [-0.05, 0) is 30.3 Å². The Kier molecular flexibility index (Phi) is 4.11. The van der Waals surface area contributed by atoms with Crippen molar-refractivity contribution < 1.29 is 13.9 Å². The first-order valence-electron chi connectivity index (χ1n) is 8.31. The molecule has 1 saturated heterocycles. The summed E-state index contributed by atoms with van der Waals surface area (Å²) in [6, 6.07) is 13.1. The van der Waals surface area contributed by atoms with E-state index in [1.54, 1.807) is 6.92 Å². The summed E-state index contributed by atoms with van der Waals surface area (Å²) >= 11 is 0. The number of aromatic nitrogens is 1. The molecule has 6 heteroatoms. The highest BCUT2D eigenvalue weighted by molar-refractivity contribution is 6.08. The lowest BCUT2D eigenvalue weighted by Crippen LogP contribution is -2.37. The predicted octanol–water partition coefficient (Wildman–Crippen LogP) is 3.23. The van der Waals surface area contributed by atoms with Crippen LogP contribution in [0, 0.1) is 6.92 Å². The Labute approximate surface area is 145 Å². The van der Waals surface area contributed by atoms with E-state index in [0.717, 1.165) is 24.3 Å². The van der Waals surface area contributed by atoms with Gasteiger partial charge in [0.1, 0.15) is 5.52 Å². The van der Waals surface area contributed by atoms with Gasteiger partial charge in [0.2, 0.25) is 0 Å². The van der Waals surface area contributed by atoms with Crippen LogP contribution < -0.4 is 10.2 Å². The number of morpholine rings is 1. The lowest BCUT2D eigenvalue weighted by atomic mass is 10.1. The molecule has 0 unspecified atom stereocenters. The number of fused-ring (bicyclic) bond motifs is 1. The van der Waals surface area contributed by atoms with E-state index in [9.17, 15) is 4.79 Å². The number of nitrogens with zero attached hydrogens (tertiary/aromatic N) is 2. The molecular weight excluding hydrogens is 318 g/mol. The van der Waals surface area contributed by atoms with E-state index in [0.29, 0.717) is 35.9 Å². The van der Waals surface area contributed by atoms with Crippen molar-refractivity contribution in [1.82, 2.24) is 4.98 Å². The van der Waals surface area contributed by atoms with Crippen molar-refractivity contribution in [3.8, 4) is 0 Å². The molecule has 1 N–H and O–H groups in total. The molecular formula is C19H19N3O3. The molecule has 2 heterocycles. The number of carbonyl (C=O) groups is 1. The maximum Gasteiger partial charge on any atom is 0.257 e. The second kappa shape index (κ2) is 6.57.